The number of carbonyl (C=O) groups is 2. The van der Waals surface area contributed by atoms with Gasteiger partial charge in [0.25, 0.3) is 0 Å². The van der Waals surface area contributed by atoms with Crippen molar-refractivity contribution in [2.24, 2.45) is 23.3 Å². The Morgan fingerprint density at radius 1 is 1.06 bits per heavy atom. The van der Waals surface area contributed by atoms with Crippen LogP contribution in [-0.4, -0.2) is 76.6 Å². The van der Waals surface area contributed by atoms with Gasteiger partial charge in [0.1, 0.15) is 11.9 Å². The summed E-state index contributed by atoms with van der Waals surface area (Å²) < 4.78 is 1.37. The topological polar surface area (TPSA) is 152 Å². The predicted octanol–water partition coefficient (Wildman–Crippen LogP) is -0.915. The zero-order valence-electron chi connectivity index (χ0n) is 18.2. The molecule has 6 N–H and O–H groups in total. The lowest BCUT2D eigenvalue weighted by molar-refractivity contribution is -0.132. The van der Waals surface area contributed by atoms with Crippen molar-refractivity contribution >= 4 is 17.8 Å². The first-order valence-electron chi connectivity index (χ1n) is 11.2. The zero-order chi connectivity index (χ0) is 23.1. The van der Waals surface area contributed by atoms with Gasteiger partial charge in [0.05, 0.1) is 5.69 Å². The van der Waals surface area contributed by atoms with Gasteiger partial charge in [-0.05, 0) is 35.6 Å². The fourth-order valence-electron chi connectivity index (χ4n) is 4.66. The monoisotopic (exact) mass is 452 g/mol. The van der Waals surface area contributed by atoms with Crippen LogP contribution in [0.25, 0.3) is 5.69 Å². The van der Waals surface area contributed by atoms with Gasteiger partial charge < -0.3 is 26.6 Å². The van der Waals surface area contributed by atoms with Crippen molar-refractivity contribution in [1.82, 2.24) is 24.7 Å². The number of nitrogens with zero attached hydrogens (tertiary/aromatic N) is 4. The van der Waals surface area contributed by atoms with E-state index in [1.165, 1.54) is 4.57 Å². The molecule has 3 atom stereocenters. The molecule has 2 aromatic rings. The van der Waals surface area contributed by atoms with E-state index in [9.17, 15) is 14.4 Å². The number of aromatic nitrogens is 2. The molecule has 33 heavy (non-hydrogen) atoms. The maximum Gasteiger partial charge on any atom is 0.354 e. The van der Waals surface area contributed by atoms with Gasteiger partial charge in [0.2, 0.25) is 5.91 Å². The highest BCUT2D eigenvalue weighted by Crippen LogP contribution is 2.44. The number of urea groups is 1. The number of hydrogen-bond acceptors (Lipinski definition) is 7. The fraction of sp³-hybridized carbons (Fsp3) is 0.455. The quantitative estimate of drug-likeness (QED) is 0.468. The Bertz CT molecular complexity index is 1100. The molecule has 11 heteroatoms. The molecule has 3 amide bonds. The van der Waals surface area contributed by atoms with E-state index < -0.39 is 11.7 Å². The van der Waals surface area contributed by atoms with Gasteiger partial charge in [0.15, 0.2) is 0 Å². The molecule has 1 aromatic heterocycles. The Morgan fingerprint density at radius 2 is 1.73 bits per heavy atom. The van der Waals surface area contributed by atoms with Crippen LogP contribution < -0.4 is 27.8 Å². The number of piperidine rings is 1. The van der Waals surface area contributed by atoms with Gasteiger partial charge in [-0.3, -0.25) is 14.7 Å². The Balaban J connectivity index is 1.23. The third kappa shape index (κ3) is 4.22. The van der Waals surface area contributed by atoms with Gasteiger partial charge in [-0.25, -0.2) is 9.59 Å². The maximum atomic E-state index is 12.7. The molecule has 3 fully saturated rings. The van der Waals surface area contributed by atoms with Crippen LogP contribution in [0, 0.1) is 11.8 Å². The predicted molar refractivity (Wildman–Crippen MR) is 122 cm³/mol. The fourth-order valence-corrected chi connectivity index (χ4v) is 4.66. The van der Waals surface area contributed by atoms with Gasteiger partial charge in [0, 0.05) is 51.5 Å². The van der Waals surface area contributed by atoms with Crippen LogP contribution in [0.3, 0.4) is 0 Å². The Morgan fingerprint density at radius 3 is 2.36 bits per heavy atom. The highest BCUT2D eigenvalue weighted by molar-refractivity contribution is 5.88. The second kappa shape index (κ2) is 8.58. The van der Waals surface area contributed by atoms with E-state index in [-0.39, 0.29) is 23.8 Å². The zero-order valence-corrected chi connectivity index (χ0v) is 18.2. The molecule has 174 valence electrons. The van der Waals surface area contributed by atoms with E-state index >= 15 is 0 Å². The summed E-state index contributed by atoms with van der Waals surface area (Å²) in [5.74, 6) is 0.915. The van der Waals surface area contributed by atoms with E-state index in [4.69, 9.17) is 11.5 Å². The Kier molecular flexibility index (Phi) is 5.60. The number of likely N-dealkylation sites (tertiary alicyclic amines) is 1. The highest BCUT2D eigenvalue weighted by atomic mass is 16.2. The lowest BCUT2D eigenvalue weighted by Gasteiger charge is -2.27. The molecule has 2 aliphatic heterocycles. The second-order valence-corrected chi connectivity index (χ2v) is 8.85. The number of hydrogen-bond donors (Lipinski definition) is 4. The third-order valence-electron chi connectivity index (χ3n) is 6.81. The molecular formula is C22H28N8O3. The van der Waals surface area contributed by atoms with Gasteiger partial charge >= 0.3 is 11.7 Å². The van der Waals surface area contributed by atoms with Crippen LogP contribution >= 0.6 is 0 Å². The number of anilines is 1. The first kappa shape index (κ1) is 21.6. The van der Waals surface area contributed by atoms with Crippen LogP contribution in [0.15, 0.2) is 41.3 Å². The number of nitrogens with one attached hydrogen (secondary N) is 2. The molecule has 2 saturated heterocycles. The van der Waals surface area contributed by atoms with Crippen molar-refractivity contribution in [3.8, 4) is 5.69 Å². The summed E-state index contributed by atoms with van der Waals surface area (Å²) >= 11 is 0. The normalized spacial score (nSPS) is 24.8. The van der Waals surface area contributed by atoms with Crippen LogP contribution in [0.1, 0.15) is 11.6 Å². The van der Waals surface area contributed by atoms with Crippen LogP contribution in [-0.2, 0) is 4.79 Å². The number of amides is 3. The molecule has 0 spiro atoms. The molecule has 11 nitrogen and oxygen atoms in total. The van der Waals surface area contributed by atoms with Crippen LogP contribution in [0.5, 0.6) is 0 Å². The molecule has 1 aromatic carbocycles. The molecule has 5 rings (SSSR count). The van der Waals surface area contributed by atoms with Gasteiger partial charge in [-0.1, -0.05) is 12.1 Å². The molecule has 0 radical (unpaired) electrons. The summed E-state index contributed by atoms with van der Waals surface area (Å²) in [5.41, 5.74) is 12.9. The third-order valence-corrected chi connectivity index (χ3v) is 6.81. The lowest BCUT2D eigenvalue weighted by Crippen LogP contribution is -2.48. The number of nitrogens with two attached hydrogens (primary N) is 2. The molecule has 1 aliphatic carbocycles. The number of carbonyl (C=O) groups excluding carboxylic acids is 2. The van der Waals surface area contributed by atoms with Crippen molar-refractivity contribution in [1.29, 1.82) is 0 Å². The summed E-state index contributed by atoms with van der Waals surface area (Å²) in [4.78, 5) is 45.0. The minimum atomic E-state index is -0.759. The van der Waals surface area contributed by atoms with Gasteiger partial charge in [-0.15, -0.1) is 0 Å². The average molecular weight is 453 g/mol. The largest absolute Gasteiger partial charge is 0.354 e. The maximum absolute atomic E-state index is 12.7. The first-order chi connectivity index (χ1) is 15.9. The highest BCUT2D eigenvalue weighted by Gasteiger charge is 2.54. The Hall–Kier alpha value is -3.28. The lowest BCUT2D eigenvalue weighted by atomic mass is 10.1. The van der Waals surface area contributed by atoms with E-state index in [2.05, 4.69) is 15.6 Å². The van der Waals surface area contributed by atoms with E-state index in [0.29, 0.717) is 49.3 Å². The second-order valence-electron chi connectivity index (χ2n) is 8.85. The SMILES string of the molecule is NC(C(=O)N1CC2C(N)C2C1)c1ccc(-n2ccc(NC(=O)N3CCNCC3)nc2=O)cc1. The summed E-state index contributed by atoms with van der Waals surface area (Å²) in [6, 6.07) is 7.70. The number of rotatable bonds is 4. The summed E-state index contributed by atoms with van der Waals surface area (Å²) in [6.45, 7) is 4.03. The minimum Gasteiger partial charge on any atom is -0.340 e. The van der Waals surface area contributed by atoms with E-state index in [1.807, 2.05) is 0 Å². The van der Waals surface area contributed by atoms with Crippen molar-refractivity contribution in [2.75, 3.05) is 44.6 Å². The molecular weight excluding hydrogens is 424 g/mol. The number of piperazine rings is 1. The van der Waals surface area contributed by atoms with E-state index in [1.54, 1.807) is 46.3 Å². The van der Waals surface area contributed by atoms with Crippen molar-refractivity contribution in [3.05, 3.63) is 52.6 Å². The summed E-state index contributed by atoms with van der Waals surface area (Å²) in [5, 5.41) is 5.85. The smallest absolute Gasteiger partial charge is 0.340 e. The molecule has 0 bridgehead atoms. The number of benzene rings is 1. The van der Waals surface area contributed by atoms with E-state index in [0.717, 1.165) is 13.1 Å². The first-order valence-corrected chi connectivity index (χ1v) is 11.2. The van der Waals surface area contributed by atoms with Crippen molar-refractivity contribution in [2.45, 2.75) is 12.1 Å². The summed E-state index contributed by atoms with van der Waals surface area (Å²) in [6.07, 6.45) is 1.56. The molecule has 3 heterocycles. The van der Waals surface area contributed by atoms with Crippen molar-refractivity contribution in [3.63, 3.8) is 0 Å². The molecule has 3 unspecified atom stereocenters. The number of fused-ring (bicyclic) bond motifs is 1. The van der Waals surface area contributed by atoms with Crippen molar-refractivity contribution < 1.29 is 9.59 Å². The molecule has 3 aliphatic rings. The van der Waals surface area contributed by atoms with Gasteiger partial charge in [-0.2, -0.15) is 4.98 Å². The summed E-state index contributed by atoms with van der Waals surface area (Å²) in [7, 11) is 0. The molecule has 1 saturated carbocycles. The minimum absolute atomic E-state index is 0.106. The Labute approximate surface area is 190 Å². The van der Waals surface area contributed by atoms with Crippen LogP contribution in [0.2, 0.25) is 0 Å². The standard InChI is InChI=1S/C22H28N8O3/c23-18(20(31)29-11-15-16(12-29)19(15)24)13-1-3-14(4-2-13)30-8-5-17(27-22(30)33)26-21(32)28-9-6-25-7-10-28/h1-5,8,15-16,18-19,25H,6-7,9-12,23-24H2,(H,26,27,32,33). The van der Waals surface area contributed by atoms with Crippen LogP contribution in [0.4, 0.5) is 10.6 Å². The average Bonchev–Trinajstić information content (AvgIpc) is 3.22.